The summed E-state index contributed by atoms with van der Waals surface area (Å²) in [6.45, 7) is 13.3. The molecular weight excluding hydrogens is 330 g/mol. The third-order valence-corrected chi connectivity index (χ3v) is 3.39. The standard InChI is InChI=1S/C20H35N3O3/c1-6-21-20(22-11-12-25-14-15(2)3)23-13-19(24)17-7-9-18(10-8-17)26-16(4)5/h7-10,15-16,19,24H,6,11-14H2,1-5H3,(H2,21,22,23). The molecule has 0 aromatic heterocycles. The van der Waals surface area contributed by atoms with Gasteiger partial charge in [0.2, 0.25) is 0 Å². The van der Waals surface area contributed by atoms with Crippen molar-refractivity contribution in [1.82, 2.24) is 10.6 Å². The van der Waals surface area contributed by atoms with Crippen molar-refractivity contribution in [3.63, 3.8) is 0 Å². The summed E-state index contributed by atoms with van der Waals surface area (Å²) in [4.78, 5) is 4.45. The van der Waals surface area contributed by atoms with Gasteiger partial charge in [-0.3, -0.25) is 4.99 Å². The van der Waals surface area contributed by atoms with E-state index in [4.69, 9.17) is 9.47 Å². The molecule has 0 aliphatic carbocycles. The van der Waals surface area contributed by atoms with Crippen molar-refractivity contribution >= 4 is 5.96 Å². The Balaban J connectivity index is 2.48. The molecule has 0 bridgehead atoms. The van der Waals surface area contributed by atoms with Crippen LogP contribution in [0.15, 0.2) is 29.3 Å². The number of hydrogen-bond donors (Lipinski definition) is 3. The third kappa shape index (κ3) is 9.63. The van der Waals surface area contributed by atoms with Crippen molar-refractivity contribution in [2.24, 2.45) is 10.9 Å². The van der Waals surface area contributed by atoms with Gasteiger partial charge in [0.15, 0.2) is 5.96 Å². The summed E-state index contributed by atoms with van der Waals surface area (Å²) in [5, 5.41) is 16.7. The molecule has 1 rings (SSSR count). The number of nitrogens with one attached hydrogen (secondary N) is 2. The monoisotopic (exact) mass is 365 g/mol. The fourth-order valence-corrected chi connectivity index (χ4v) is 2.23. The Hall–Kier alpha value is -1.79. The number of aliphatic hydroxyl groups excluding tert-OH is 1. The Kier molecular flexibility index (Phi) is 10.7. The summed E-state index contributed by atoms with van der Waals surface area (Å²) in [6, 6.07) is 7.49. The van der Waals surface area contributed by atoms with E-state index in [1.54, 1.807) is 0 Å². The fraction of sp³-hybridized carbons (Fsp3) is 0.650. The molecule has 0 amide bonds. The molecule has 6 heteroatoms. The molecule has 0 spiro atoms. The van der Waals surface area contributed by atoms with Crippen LogP contribution in [0.5, 0.6) is 5.75 Å². The van der Waals surface area contributed by atoms with Crippen molar-refractivity contribution in [3.8, 4) is 5.75 Å². The summed E-state index contributed by atoms with van der Waals surface area (Å²) in [5.74, 6) is 2.01. The zero-order chi connectivity index (χ0) is 19.4. The van der Waals surface area contributed by atoms with Crippen LogP contribution < -0.4 is 15.4 Å². The average molecular weight is 366 g/mol. The van der Waals surface area contributed by atoms with E-state index < -0.39 is 6.10 Å². The summed E-state index contributed by atoms with van der Waals surface area (Å²) >= 11 is 0. The van der Waals surface area contributed by atoms with Crippen LogP contribution in [0.1, 0.15) is 46.3 Å². The predicted octanol–water partition coefficient (Wildman–Crippen LogP) is 2.73. The van der Waals surface area contributed by atoms with Gasteiger partial charge in [0.25, 0.3) is 0 Å². The molecule has 0 heterocycles. The van der Waals surface area contributed by atoms with E-state index in [1.807, 2.05) is 45.0 Å². The van der Waals surface area contributed by atoms with Crippen molar-refractivity contribution in [3.05, 3.63) is 29.8 Å². The number of rotatable bonds is 11. The van der Waals surface area contributed by atoms with E-state index in [9.17, 15) is 5.11 Å². The van der Waals surface area contributed by atoms with Crippen molar-refractivity contribution in [2.45, 2.75) is 46.8 Å². The molecule has 1 aromatic rings. The maximum atomic E-state index is 10.4. The molecule has 0 aliphatic rings. The quantitative estimate of drug-likeness (QED) is 0.319. The first-order valence-electron chi connectivity index (χ1n) is 9.47. The zero-order valence-corrected chi connectivity index (χ0v) is 16.8. The first kappa shape index (κ1) is 22.3. The molecule has 148 valence electrons. The van der Waals surface area contributed by atoms with Crippen LogP contribution in [0.2, 0.25) is 0 Å². The number of benzene rings is 1. The van der Waals surface area contributed by atoms with Crippen LogP contribution in [0.4, 0.5) is 0 Å². The highest BCUT2D eigenvalue weighted by Crippen LogP contribution is 2.19. The molecule has 1 unspecified atom stereocenters. The molecule has 0 saturated carbocycles. The molecule has 0 radical (unpaired) electrons. The lowest BCUT2D eigenvalue weighted by atomic mass is 10.1. The summed E-state index contributed by atoms with van der Waals surface area (Å²) in [6.07, 6.45) is -0.524. The van der Waals surface area contributed by atoms with Gasteiger partial charge >= 0.3 is 0 Å². The Bertz CT molecular complexity index is 516. The van der Waals surface area contributed by atoms with Gasteiger partial charge in [0, 0.05) is 19.7 Å². The van der Waals surface area contributed by atoms with E-state index in [0.717, 1.165) is 24.5 Å². The van der Waals surface area contributed by atoms with Crippen LogP contribution >= 0.6 is 0 Å². The number of ether oxygens (including phenoxy) is 2. The minimum atomic E-state index is -0.657. The maximum absolute atomic E-state index is 10.4. The van der Waals surface area contributed by atoms with Crippen molar-refractivity contribution in [2.75, 3.05) is 32.8 Å². The second-order valence-corrected chi connectivity index (χ2v) is 6.87. The summed E-state index contributed by atoms with van der Waals surface area (Å²) < 4.78 is 11.2. The SMILES string of the molecule is CCNC(=NCC(O)c1ccc(OC(C)C)cc1)NCCOCC(C)C. The molecule has 26 heavy (non-hydrogen) atoms. The molecule has 1 atom stereocenters. The molecule has 0 fully saturated rings. The fourth-order valence-electron chi connectivity index (χ4n) is 2.23. The molecular formula is C20H35N3O3. The van der Waals surface area contributed by atoms with E-state index in [1.165, 1.54) is 0 Å². The zero-order valence-electron chi connectivity index (χ0n) is 16.8. The Labute approximate surface area is 158 Å². The minimum Gasteiger partial charge on any atom is -0.491 e. The van der Waals surface area contributed by atoms with Gasteiger partial charge in [-0.25, -0.2) is 0 Å². The topological polar surface area (TPSA) is 75.1 Å². The van der Waals surface area contributed by atoms with Gasteiger partial charge in [-0.2, -0.15) is 0 Å². The highest BCUT2D eigenvalue weighted by Gasteiger charge is 2.08. The molecule has 1 aromatic carbocycles. The lowest BCUT2D eigenvalue weighted by Gasteiger charge is -2.14. The number of hydrogen-bond acceptors (Lipinski definition) is 4. The second kappa shape index (κ2) is 12.5. The van der Waals surface area contributed by atoms with E-state index in [0.29, 0.717) is 25.0 Å². The molecule has 3 N–H and O–H groups in total. The predicted molar refractivity (Wildman–Crippen MR) is 107 cm³/mol. The number of guanidine groups is 1. The van der Waals surface area contributed by atoms with E-state index in [-0.39, 0.29) is 12.6 Å². The number of nitrogens with zero attached hydrogens (tertiary/aromatic N) is 1. The van der Waals surface area contributed by atoms with E-state index in [2.05, 4.69) is 29.5 Å². The number of aliphatic imine (C=N–C) groups is 1. The lowest BCUT2D eigenvalue weighted by Crippen LogP contribution is -2.39. The van der Waals surface area contributed by atoms with Crippen LogP contribution in [-0.2, 0) is 4.74 Å². The van der Waals surface area contributed by atoms with Gasteiger partial charge in [-0.1, -0.05) is 26.0 Å². The third-order valence-electron chi connectivity index (χ3n) is 3.39. The van der Waals surface area contributed by atoms with Crippen LogP contribution in [0.3, 0.4) is 0 Å². The first-order chi connectivity index (χ1) is 12.4. The summed E-state index contributed by atoms with van der Waals surface area (Å²) in [7, 11) is 0. The van der Waals surface area contributed by atoms with Crippen molar-refractivity contribution < 1.29 is 14.6 Å². The molecule has 0 aliphatic heterocycles. The molecule has 0 saturated heterocycles. The van der Waals surface area contributed by atoms with Crippen LogP contribution in [-0.4, -0.2) is 50.0 Å². The average Bonchev–Trinajstić information content (AvgIpc) is 2.58. The van der Waals surface area contributed by atoms with Crippen molar-refractivity contribution in [1.29, 1.82) is 0 Å². The van der Waals surface area contributed by atoms with Gasteiger partial charge in [-0.15, -0.1) is 0 Å². The Morgan fingerprint density at radius 2 is 1.81 bits per heavy atom. The van der Waals surface area contributed by atoms with Crippen LogP contribution in [0.25, 0.3) is 0 Å². The lowest BCUT2D eigenvalue weighted by molar-refractivity contribution is 0.114. The maximum Gasteiger partial charge on any atom is 0.191 e. The summed E-state index contributed by atoms with van der Waals surface area (Å²) in [5.41, 5.74) is 0.820. The second-order valence-electron chi connectivity index (χ2n) is 6.87. The Morgan fingerprint density at radius 3 is 2.38 bits per heavy atom. The van der Waals surface area contributed by atoms with Gasteiger partial charge < -0.3 is 25.2 Å². The van der Waals surface area contributed by atoms with Gasteiger partial charge in [0.05, 0.1) is 25.4 Å². The number of aliphatic hydroxyl groups is 1. The van der Waals surface area contributed by atoms with Crippen LogP contribution in [0, 0.1) is 5.92 Å². The van der Waals surface area contributed by atoms with E-state index >= 15 is 0 Å². The highest BCUT2D eigenvalue weighted by atomic mass is 16.5. The molecule has 6 nitrogen and oxygen atoms in total. The van der Waals surface area contributed by atoms with Gasteiger partial charge in [-0.05, 0) is 44.4 Å². The first-order valence-corrected chi connectivity index (χ1v) is 9.47. The normalized spacial score (nSPS) is 13.2. The Morgan fingerprint density at radius 1 is 1.12 bits per heavy atom. The smallest absolute Gasteiger partial charge is 0.191 e. The largest absolute Gasteiger partial charge is 0.491 e. The van der Waals surface area contributed by atoms with Gasteiger partial charge in [0.1, 0.15) is 5.75 Å². The minimum absolute atomic E-state index is 0.133. The highest BCUT2D eigenvalue weighted by molar-refractivity contribution is 5.79.